The van der Waals surface area contributed by atoms with Crippen molar-refractivity contribution in [1.29, 1.82) is 0 Å². The molecule has 0 radical (unpaired) electrons. The molecule has 0 N–H and O–H groups in total. The van der Waals surface area contributed by atoms with E-state index in [4.69, 9.17) is 16.1 Å². The molecule has 4 rings (SSSR count). The fourth-order valence-corrected chi connectivity index (χ4v) is 2.99. The summed E-state index contributed by atoms with van der Waals surface area (Å²) in [7, 11) is 0. The van der Waals surface area contributed by atoms with Gasteiger partial charge in [0, 0.05) is 35.8 Å². The number of aromatic nitrogens is 3. The van der Waals surface area contributed by atoms with Crippen LogP contribution in [0.25, 0.3) is 11.3 Å². The number of carbonyl (C=O) groups is 1. The molecule has 132 valence electrons. The second kappa shape index (κ2) is 6.42. The van der Waals surface area contributed by atoms with Gasteiger partial charge >= 0.3 is 0 Å². The van der Waals surface area contributed by atoms with Crippen LogP contribution in [0.2, 0.25) is 5.02 Å². The van der Waals surface area contributed by atoms with Crippen molar-refractivity contribution >= 4 is 17.5 Å². The Morgan fingerprint density at radius 3 is 2.58 bits per heavy atom. The Hall–Kier alpha value is -2.93. The van der Waals surface area contributed by atoms with Crippen molar-refractivity contribution in [2.45, 2.75) is 13.0 Å². The van der Waals surface area contributed by atoms with Gasteiger partial charge in [-0.15, -0.1) is 0 Å². The quantitative estimate of drug-likeness (QED) is 0.707. The van der Waals surface area contributed by atoms with E-state index in [1.807, 2.05) is 12.1 Å². The van der Waals surface area contributed by atoms with Gasteiger partial charge in [-0.25, -0.2) is 4.68 Å². The number of hydrogen-bond acceptors (Lipinski definition) is 5. The van der Waals surface area contributed by atoms with Gasteiger partial charge in [-0.05, 0) is 25.1 Å². The number of carbonyl (C=O) groups excluding carboxylic acids is 1. The van der Waals surface area contributed by atoms with Crippen molar-refractivity contribution in [3.8, 4) is 11.3 Å². The van der Waals surface area contributed by atoms with Crippen LogP contribution in [-0.2, 0) is 0 Å². The van der Waals surface area contributed by atoms with E-state index in [1.165, 1.54) is 10.7 Å². The van der Waals surface area contributed by atoms with Gasteiger partial charge < -0.3 is 9.42 Å². The third-order valence-electron chi connectivity index (χ3n) is 4.31. The maximum atomic E-state index is 12.3. The number of nitrogens with zero attached hydrogens (tertiary/aromatic N) is 4. The molecule has 0 bridgehead atoms. The maximum Gasteiger partial charge on any atom is 0.276 e. The first-order valence-corrected chi connectivity index (χ1v) is 8.47. The van der Waals surface area contributed by atoms with Gasteiger partial charge in [0.1, 0.15) is 5.76 Å². The van der Waals surface area contributed by atoms with Crippen molar-refractivity contribution in [1.82, 2.24) is 19.8 Å². The summed E-state index contributed by atoms with van der Waals surface area (Å²) in [5.74, 6) is 0.374. The largest absolute Gasteiger partial charge is 0.361 e. The summed E-state index contributed by atoms with van der Waals surface area (Å²) in [6.07, 6.45) is 0. The molecular weight excluding hydrogens is 356 g/mol. The van der Waals surface area contributed by atoms with E-state index in [9.17, 15) is 9.59 Å². The van der Waals surface area contributed by atoms with Crippen LogP contribution in [-0.4, -0.2) is 38.8 Å². The van der Waals surface area contributed by atoms with Crippen molar-refractivity contribution in [2.75, 3.05) is 13.1 Å². The van der Waals surface area contributed by atoms with E-state index >= 15 is 0 Å². The van der Waals surface area contributed by atoms with E-state index in [1.54, 1.807) is 36.1 Å². The molecule has 0 unspecified atom stereocenters. The molecule has 0 saturated carbocycles. The molecule has 2 aromatic heterocycles. The Bertz CT molecular complexity index is 1020. The highest BCUT2D eigenvalue weighted by atomic mass is 35.5. The molecule has 0 atom stereocenters. The van der Waals surface area contributed by atoms with Gasteiger partial charge in [-0.3, -0.25) is 9.59 Å². The van der Waals surface area contributed by atoms with Crippen LogP contribution in [0, 0.1) is 6.92 Å². The topological polar surface area (TPSA) is 81.2 Å². The van der Waals surface area contributed by atoms with Gasteiger partial charge in [-0.1, -0.05) is 28.9 Å². The minimum Gasteiger partial charge on any atom is -0.361 e. The molecule has 0 aliphatic carbocycles. The van der Waals surface area contributed by atoms with Crippen LogP contribution >= 0.6 is 11.6 Å². The number of aryl methyl sites for hydroxylation is 1. The highest BCUT2D eigenvalue weighted by molar-refractivity contribution is 6.30. The average Bonchev–Trinajstić information content (AvgIpc) is 3.02. The van der Waals surface area contributed by atoms with E-state index in [-0.39, 0.29) is 23.2 Å². The average molecular weight is 371 g/mol. The Balaban J connectivity index is 1.52. The first kappa shape index (κ1) is 16.5. The predicted octanol–water partition coefficient (Wildman–Crippen LogP) is 2.56. The van der Waals surface area contributed by atoms with Gasteiger partial charge in [-0.2, -0.15) is 5.10 Å². The standard InChI is InChI=1S/C18H15ClN4O3/c1-11-8-16(21-26-11)18(25)22-9-14(10-22)23-17(24)7-6-15(20-23)12-2-4-13(19)5-3-12/h2-8,14H,9-10H2,1H3. The monoisotopic (exact) mass is 370 g/mol. The predicted molar refractivity (Wildman–Crippen MR) is 95.1 cm³/mol. The van der Waals surface area contributed by atoms with Gasteiger partial charge in [0.05, 0.1) is 11.7 Å². The number of halogens is 1. The van der Waals surface area contributed by atoms with E-state index in [0.29, 0.717) is 29.6 Å². The van der Waals surface area contributed by atoms with Gasteiger partial charge in [0.25, 0.3) is 11.5 Å². The molecule has 26 heavy (non-hydrogen) atoms. The zero-order chi connectivity index (χ0) is 18.3. The molecule has 3 heterocycles. The summed E-state index contributed by atoms with van der Waals surface area (Å²) in [5.41, 5.74) is 1.62. The van der Waals surface area contributed by atoms with Crippen LogP contribution in [0.15, 0.2) is 51.8 Å². The van der Waals surface area contributed by atoms with E-state index in [0.717, 1.165) is 5.56 Å². The molecule has 1 saturated heterocycles. The normalized spacial score (nSPS) is 14.3. The summed E-state index contributed by atoms with van der Waals surface area (Å²) in [6, 6.07) is 11.9. The highest BCUT2D eigenvalue weighted by Crippen LogP contribution is 2.23. The molecule has 1 amide bonds. The molecule has 1 aliphatic heterocycles. The van der Waals surface area contributed by atoms with Gasteiger partial charge in [0.2, 0.25) is 0 Å². The van der Waals surface area contributed by atoms with Crippen LogP contribution in [0.4, 0.5) is 0 Å². The minimum absolute atomic E-state index is 0.160. The molecule has 1 aromatic carbocycles. The van der Waals surface area contributed by atoms with Crippen LogP contribution in [0.1, 0.15) is 22.3 Å². The third kappa shape index (κ3) is 3.01. The number of amides is 1. The minimum atomic E-state index is -0.208. The lowest BCUT2D eigenvalue weighted by Crippen LogP contribution is -2.53. The fourth-order valence-electron chi connectivity index (χ4n) is 2.87. The lowest BCUT2D eigenvalue weighted by atomic mass is 10.1. The second-order valence-electron chi connectivity index (χ2n) is 6.20. The van der Waals surface area contributed by atoms with E-state index in [2.05, 4.69) is 10.3 Å². The zero-order valence-corrected chi connectivity index (χ0v) is 14.7. The van der Waals surface area contributed by atoms with Crippen LogP contribution < -0.4 is 5.56 Å². The fraction of sp³-hybridized carbons (Fsp3) is 0.222. The molecule has 8 heteroatoms. The molecule has 7 nitrogen and oxygen atoms in total. The van der Waals surface area contributed by atoms with Crippen LogP contribution in [0.5, 0.6) is 0 Å². The second-order valence-corrected chi connectivity index (χ2v) is 6.63. The lowest BCUT2D eigenvalue weighted by molar-refractivity contribution is 0.0483. The Labute approximate surface area is 153 Å². The molecule has 1 fully saturated rings. The summed E-state index contributed by atoms with van der Waals surface area (Å²) in [4.78, 5) is 26.1. The summed E-state index contributed by atoms with van der Waals surface area (Å²) < 4.78 is 6.37. The highest BCUT2D eigenvalue weighted by Gasteiger charge is 2.35. The zero-order valence-electron chi connectivity index (χ0n) is 13.9. The molecule has 3 aromatic rings. The van der Waals surface area contributed by atoms with E-state index < -0.39 is 0 Å². The molecule has 1 aliphatic rings. The Kier molecular flexibility index (Phi) is 4.08. The number of hydrogen-bond donors (Lipinski definition) is 0. The van der Waals surface area contributed by atoms with Crippen LogP contribution in [0.3, 0.4) is 0 Å². The first-order chi connectivity index (χ1) is 12.5. The SMILES string of the molecule is Cc1cc(C(=O)N2CC(n3nc(-c4ccc(Cl)cc4)ccc3=O)C2)no1. The summed E-state index contributed by atoms with van der Waals surface area (Å²) >= 11 is 5.91. The number of likely N-dealkylation sites (tertiary alicyclic amines) is 1. The summed E-state index contributed by atoms with van der Waals surface area (Å²) in [6.45, 7) is 2.54. The molecular formula is C18H15ClN4O3. The van der Waals surface area contributed by atoms with Crippen molar-refractivity contribution in [2.24, 2.45) is 0 Å². The smallest absolute Gasteiger partial charge is 0.276 e. The number of benzene rings is 1. The maximum absolute atomic E-state index is 12.3. The first-order valence-electron chi connectivity index (χ1n) is 8.09. The van der Waals surface area contributed by atoms with Gasteiger partial charge in [0.15, 0.2) is 5.69 Å². The Morgan fingerprint density at radius 2 is 1.92 bits per heavy atom. The van der Waals surface area contributed by atoms with Crippen molar-refractivity contribution in [3.05, 3.63) is 69.3 Å². The lowest BCUT2D eigenvalue weighted by Gasteiger charge is -2.38. The Morgan fingerprint density at radius 1 is 1.19 bits per heavy atom. The summed E-state index contributed by atoms with van der Waals surface area (Å²) in [5, 5.41) is 8.82. The van der Waals surface area contributed by atoms with Crippen molar-refractivity contribution in [3.63, 3.8) is 0 Å². The van der Waals surface area contributed by atoms with Crippen molar-refractivity contribution < 1.29 is 9.32 Å². The molecule has 0 spiro atoms. The number of rotatable bonds is 3. The third-order valence-corrected chi connectivity index (χ3v) is 4.56.